The van der Waals surface area contributed by atoms with Crippen LogP contribution in [0, 0.1) is 0 Å². The van der Waals surface area contributed by atoms with Crippen LogP contribution in [0.1, 0.15) is 0 Å². The van der Waals surface area contributed by atoms with Crippen molar-refractivity contribution in [1.82, 2.24) is 0 Å². The minimum absolute atomic E-state index is 0.769. The van der Waals surface area contributed by atoms with E-state index in [4.69, 9.17) is 20.9 Å². The molecule has 12 heavy (non-hydrogen) atoms. The average molecular weight is 202 g/mol. The minimum Gasteiger partial charge on any atom is -0.444 e. The Morgan fingerprint density at radius 3 is 2.33 bits per heavy atom. The van der Waals surface area contributed by atoms with E-state index >= 15 is 0 Å². The summed E-state index contributed by atoms with van der Waals surface area (Å²) in [5.74, 6) is 0.769. The fraction of sp³-hybridized carbons (Fsp3) is 0.250. The third-order valence-corrected chi connectivity index (χ3v) is 3.22. The third kappa shape index (κ3) is 2.94. The Morgan fingerprint density at radius 2 is 1.83 bits per heavy atom. The van der Waals surface area contributed by atoms with Crippen LogP contribution < -0.4 is 4.52 Å². The molecule has 1 aromatic rings. The van der Waals surface area contributed by atoms with Crippen molar-refractivity contribution in [3.8, 4) is 5.75 Å². The molecule has 0 bridgehead atoms. The van der Waals surface area contributed by atoms with Crippen LogP contribution in [0.5, 0.6) is 5.75 Å². The molecule has 0 aromatic heterocycles. The Bertz CT molecular complexity index is 286. The van der Waals surface area contributed by atoms with E-state index in [0.717, 1.165) is 5.75 Å². The molecule has 0 radical (unpaired) electrons. The van der Waals surface area contributed by atoms with Crippen LogP contribution in [0.15, 0.2) is 30.3 Å². The summed E-state index contributed by atoms with van der Waals surface area (Å²) < 4.78 is 10.5. The molecule has 0 aliphatic carbocycles. The van der Waals surface area contributed by atoms with Crippen molar-refractivity contribution < 1.29 is 9.05 Å². The molecular formula is C8H11O2PS. The second kappa shape index (κ2) is 4.04. The van der Waals surface area contributed by atoms with Gasteiger partial charge < -0.3 is 9.05 Å². The van der Waals surface area contributed by atoms with Gasteiger partial charge in [0.05, 0.1) is 0 Å². The third-order valence-electron chi connectivity index (χ3n) is 1.35. The maximum absolute atomic E-state index is 5.45. The highest BCUT2D eigenvalue weighted by Crippen LogP contribution is 2.43. The number of para-hydroxylation sites is 1. The summed E-state index contributed by atoms with van der Waals surface area (Å²) in [5, 5.41) is 0. The predicted molar refractivity (Wildman–Crippen MR) is 54.3 cm³/mol. The van der Waals surface area contributed by atoms with Crippen LogP contribution in [0.25, 0.3) is 0 Å². The van der Waals surface area contributed by atoms with Gasteiger partial charge >= 0.3 is 0 Å². The zero-order chi connectivity index (χ0) is 9.03. The standard InChI is InChI=1S/C8H11O2PS/c1-9-11(2,12)10-8-6-4-3-5-7-8/h3-7H,1-2H3. The second-order valence-electron chi connectivity index (χ2n) is 2.36. The van der Waals surface area contributed by atoms with E-state index in [1.54, 1.807) is 13.8 Å². The van der Waals surface area contributed by atoms with Crippen molar-refractivity contribution in [3.63, 3.8) is 0 Å². The van der Waals surface area contributed by atoms with Gasteiger partial charge in [-0.2, -0.15) is 0 Å². The van der Waals surface area contributed by atoms with E-state index in [1.807, 2.05) is 30.3 Å². The van der Waals surface area contributed by atoms with Gasteiger partial charge in [0, 0.05) is 13.8 Å². The second-order valence-corrected chi connectivity index (χ2v) is 6.44. The van der Waals surface area contributed by atoms with E-state index in [-0.39, 0.29) is 0 Å². The lowest BCUT2D eigenvalue weighted by molar-refractivity contribution is 0.398. The summed E-state index contributed by atoms with van der Waals surface area (Å²) in [4.78, 5) is 0. The van der Waals surface area contributed by atoms with Gasteiger partial charge in [-0.25, -0.2) is 0 Å². The molecule has 2 nitrogen and oxygen atoms in total. The van der Waals surface area contributed by atoms with Gasteiger partial charge in [0.15, 0.2) is 0 Å². The zero-order valence-corrected chi connectivity index (χ0v) is 8.77. The van der Waals surface area contributed by atoms with Crippen LogP contribution in [-0.4, -0.2) is 13.8 Å². The zero-order valence-electron chi connectivity index (χ0n) is 7.06. The van der Waals surface area contributed by atoms with Gasteiger partial charge in [-0.15, -0.1) is 0 Å². The number of benzene rings is 1. The van der Waals surface area contributed by atoms with Gasteiger partial charge in [0.25, 0.3) is 0 Å². The Morgan fingerprint density at radius 1 is 1.25 bits per heavy atom. The molecule has 0 N–H and O–H groups in total. The Labute approximate surface area is 77.7 Å². The first kappa shape index (κ1) is 9.72. The van der Waals surface area contributed by atoms with Gasteiger partial charge in [-0.05, 0) is 23.9 Å². The number of hydrogen-bond donors (Lipinski definition) is 0. The minimum atomic E-state index is -2.06. The van der Waals surface area contributed by atoms with Crippen molar-refractivity contribution in [2.24, 2.45) is 0 Å². The van der Waals surface area contributed by atoms with Crippen molar-refractivity contribution in [2.75, 3.05) is 13.8 Å². The molecule has 1 unspecified atom stereocenters. The monoisotopic (exact) mass is 202 g/mol. The molecular weight excluding hydrogens is 191 g/mol. The molecule has 0 aliphatic heterocycles. The summed E-state index contributed by atoms with van der Waals surface area (Å²) >= 11 is 5.09. The van der Waals surface area contributed by atoms with Crippen LogP contribution in [0.3, 0.4) is 0 Å². The summed E-state index contributed by atoms with van der Waals surface area (Å²) in [6.45, 7) is -0.261. The summed E-state index contributed by atoms with van der Waals surface area (Å²) in [6.07, 6.45) is 0. The number of rotatable bonds is 3. The first-order valence-corrected chi connectivity index (χ1v) is 6.60. The van der Waals surface area contributed by atoms with Crippen molar-refractivity contribution in [3.05, 3.63) is 30.3 Å². The summed E-state index contributed by atoms with van der Waals surface area (Å²) in [7, 11) is 1.57. The topological polar surface area (TPSA) is 18.5 Å². The van der Waals surface area contributed by atoms with Crippen LogP contribution in [0.4, 0.5) is 0 Å². The lowest BCUT2D eigenvalue weighted by Gasteiger charge is -2.15. The smallest absolute Gasteiger partial charge is 0.234 e. The van der Waals surface area contributed by atoms with E-state index in [1.165, 1.54) is 0 Å². The van der Waals surface area contributed by atoms with Crippen molar-refractivity contribution in [1.29, 1.82) is 0 Å². The number of hydrogen-bond acceptors (Lipinski definition) is 3. The van der Waals surface area contributed by atoms with Crippen molar-refractivity contribution >= 4 is 18.3 Å². The van der Waals surface area contributed by atoms with Gasteiger partial charge in [-0.1, -0.05) is 18.2 Å². The normalized spacial score (nSPS) is 15.2. The fourth-order valence-corrected chi connectivity index (χ4v) is 1.55. The highest BCUT2D eigenvalue weighted by Gasteiger charge is 2.09. The predicted octanol–water partition coefficient (Wildman–Crippen LogP) is 2.65. The highest BCUT2D eigenvalue weighted by molar-refractivity contribution is 8.09. The molecule has 0 amide bonds. The molecule has 0 saturated carbocycles. The quantitative estimate of drug-likeness (QED) is 0.702. The molecule has 66 valence electrons. The van der Waals surface area contributed by atoms with Crippen LogP contribution in [0.2, 0.25) is 0 Å². The Balaban J connectivity index is 2.71. The van der Waals surface area contributed by atoms with Gasteiger partial charge in [0.1, 0.15) is 5.75 Å². The van der Waals surface area contributed by atoms with E-state index in [0.29, 0.717) is 0 Å². The molecule has 0 spiro atoms. The molecule has 0 aliphatic rings. The average Bonchev–Trinajstić information content (AvgIpc) is 2.06. The fourth-order valence-electron chi connectivity index (χ4n) is 0.710. The lowest BCUT2D eigenvalue weighted by atomic mass is 10.3. The molecule has 0 fully saturated rings. The first-order valence-electron chi connectivity index (χ1n) is 3.52. The van der Waals surface area contributed by atoms with E-state index in [9.17, 15) is 0 Å². The van der Waals surface area contributed by atoms with Gasteiger partial charge in [-0.3, -0.25) is 0 Å². The SMILES string of the molecule is COP(C)(=S)Oc1ccccc1. The Hall–Kier alpha value is -0.370. The highest BCUT2D eigenvalue weighted by atomic mass is 32.5. The molecule has 1 rings (SSSR count). The Kier molecular flexibility index (Phi) is 3.27. The molecule has 0 heterocycles. The van der Waals surface area contributed by atoms with E-state index in [2.05, 4.69) is 0 Å². The molecule has 4 heteroatoms. The van der Waals surface area contributed by atoms with Crippen molar-refractivity contribution in [2.45, 2.75) is 0 Å². The van der Waals surface area contributed by atoms with Crippen LogP contribution >= 0.6 is 6.49 Å². The summed E-state index contributed by atoms with van der Waals surface area (Å²) in [6, 6.07) is 9.46. The maximum Gasteiger partial charge on any atom is 0.234 e. The molecule has 0 saturated heterocycles. The first-order chi connectivity index (χ1) is 5.64. The van der Waals surface area contributed by atoms with Gasteiger partial charge in [0.2, 0.25) is 6.49 Å². The van der Waals surface area contributed by atoms with E-state index < -0.39 is 6.49 Å². The molecule has 1 atom stereocenters. The maximum atomic E-state index is 5.45. The lowest BCUT2D eigenvalue weighted by Crippen LogP contribution is -1.91. The van der Waals surface area contributed by atoms with Crippen LogP contribution in [-0.2, 0) is 16.3 Å². The molecule has 1 aromatic carbocycles. The largest absolute Gasteiger partial charge is 0.444 e. The summed E-state index contributed by atoms with van der Waals surface area (Å²) in [5.41, 5.74) is 0.